The smallest absolute Gasteiger partial charge is 0.164 e. The highest BCUT2D eigenvalue weighted by Crippen LogP contribution is 2.29. The zero-order valence-corrected chi connectivity index (χ0v) is 16.8. The first-order chi connectivity index (χ1) is 14.0. The highest BCUT2D eigenvalue weighted by atomic mass is 15.3. The number of nitrogens with zero attached hydrogens (tertiary/aromatic N) is 7. The predicted molar refractivity (Wildman–Crippen MR) is 112 cm³/mol. The SMILES string of the molecule is CC(C)Nc1cc(-n2ncc3cc(C#N)cnc32)ncc1-c1cn(C(C)C)cn1. The third kappa shape index (κ3) is 3.55. The summed E-state index contributed by atoms with van der Waals surface area (Å²) in [6.07, 6.45) is 8.91. The Hall–Kier alpha value is -3.73. The number of fused-ring (bicyclic) bond motifs is 1. The van der Waals surface area contributed by atoms with Crippen LogP contribution in [0.15, 0.2) is 43.2 Å². The van der Waals surface area contributed by atoms with Crippen LogP contribution < -0.4 is 5.32 Å². The average Bonchev–Trinajstić information content (AvgIpc) is 3.34. The van der Waals surface area contributed by atoms with Crippen LogP contribution in [0.25, 0.3) is 28.1 Å². The van der Waals surface area contributed by atoms with Gasteiger partial charge in [-0.1, -0.05) is 0 Å². The van der Waals surface area contributed by atoms with E-state index >= 15 is 0 Å². The summed E-state index contributed by atoms with van der Waals surface area (Å²) < 4.78 is 3.75. The van der Waals surface area contributed by atoms with Gasteiger partial charge in [-0.25, -0.2) is 15.0 Å². The van der Waals surface area contributed by atoms with Gasteiger partial charge in [-0.2, -0.15) is 15.0 Å². The molecule has 0 bridgehead atoms. The summed E-state index contributed by atoms with van der Waals surface area (Å²) in [6.45, 7) is 8.41. The fourth-order valence-corrected chi connectivity index (χ4v) is 3.10. The molecule has 29 heavy (non-hydrogen) atoms. The number of pyridine rings is 2. The van der Waals surface area contributed by atoms with Gasteiger partial charge in [-0.15, -0.1) is 0 Å². The van der Waals surface area contributed by atoms with E-state index in [0.717, 1.165) is 22.3 Å². The molecule has 0 fully saturated rings. The van der Waals surface area contributed by atoms with Gasteiger partial charge in [0.2, 0.25) is 0 Å². The molecule has 0 aliphatic carbocycles. The number of anilines is 1. The monoisotopic (exact) mass is 386 g/mol. The highest BCUT2D eigenvalue weighted by molar-refractivity contribution is 5.79. The number of imidazole rings is 1. The summed E-state index contributed by atoms with van der Waals surface area (Å²) in [6, 6.07) is 6.40. The van der Waals surface area contributed by atoms with Crippen molar-refractivity contribution in [1.29, 1.82) is 5.26 Å². The third-order valence-electron chi connectivity index (χ3n) is 4.56. The molecule has 4 heterocycles. The largest absolute Gasteiger partial charge is 0.382 e. The topological polar surface area (TPSA) is 97.2 Å². The molecule has 4 aromatic rings. The van der Waals surface area contributed by atoms with Gasteiger partial charge >= 0.3 is 0 Å². The first-order valence-electron chi connectivity index (χ1n) is 9.51. The van der Waals surface area contributed by atoms with E-state index in [1.54, 1.807) is 23.1 Å². The quantitative estimate of drug-likeness (QED) is 0.558. The molecular weight excluding hydrogens is 364 g/mol. The second-order valence-electron chi connectivity index (χ2n) is 7.49. The van der Waals surface area contributed by atoms with E-state index in [2.05, 4.69) is 63.7 Å². The Morgan fingerprint density at radius 2 is 1.86 bits per heavy atom. The normalized spacial score (nSPS) is 11.3. The van der Waals surface area contributed by atoms with Gasteiger partial charge in [0.1, 0.15) is 6.07 Å². The Balaban J connectivity index is 1.81. The zero-order chi connectivity index (χ0) is 20.5. The Bertz CT molecular complexity index is 1210. The van der Waals surface area contributed by atoms with E-state index in [9.17, 15) is 0 Å². The number of hydrogen-bond acceptors (Lipinski definition) is 6. The summed E-state index contributed by atoms with van der Waals surface area (Å²) in [4.78, 5) is 13.6. The lowest BCUT2D eigenvalue weighted by molar-refractivity contribution is 0.600. The number of nitriles is 1. The lowest BCUT2D eigenvalue weighted by Crippen LogP contribution is -2.12. The van der Waals surface area contributed by atoms with Gasteiger partial charge in [-0.3, -0.25) is 0 Å². The maximum Gasteiger partial charge on any atom is 0.164 e. The van der Waals surface area contributed by atoms with Gasteiger partial charge in [0.25, 0.3) is 0 Å². The zero-order valence-electron chi connectivity index (χ0n) is 16.8. The van der Waals surface area contributed by atoms with Gasteiger partial charge in [0.05, 0.1) is 23.8 Å². The lowest BCUT2D eigenvalue weighted by Gasteiger charge is -2.15. The van der Waals surface area contributed by atoms with Crippen molar-refractivity contribution in [3.8, 4) is 23.1 Å². The molecule has 4 rings (SSSR count). The second-order valence-corrected chi connectivity index (χ2v) is 7.49. The third-order valence-corrected chi connectivity index (χ3v) is 4.56. The molecule has 4 aromatic heterocycles. The lowest BCUT2D eigenvalue weighted by atomic mass is 10.1. The van der Waals surface area contributed by atoms with Crippen molar-refractivity contribution in [2.45, 2.75) is 39.8 Å². The minimum atomic E-state index is 0.238. The fraction of sp³-hybridized carbons (Fsp3) is 0.286. The van der Waals surface area contributed by atoms with Crippen LogP contribution in [0.2, 0.25) is 0 Å². The second kappa shape index (κ2) is 7.36. The van der Waals surface area contributed by atoms with E-state index in [1.807, 2.05) is 24.8 Å². The van der Waals surface area contributed by atoms with Crippen LogP contribution in [0.4, 0.5) is 5.69 Å². The average molecular weight is 386 g/mol. The Morgan fingerprint density at radius 1 is 1.03 bits per heavy atom. The Kier molecular flexibility index (Phi) is 4.72. The van der Waals surface area contributed by atoms with E-state index in [4.69, 9.17) is 5.26 Å². The van der Waals surface area contributed by atoms with E-state index < -0.39 is 0 Å². The number of rotatable bonds is 5. The van der Waals surface area contributed by atoms with Crippen LogP contribution in [0, 0.1) is 11.3 Å². The Morgan fingerprint density at radius 3 is 2.55 bits per heavy atom. The van der Waals surface area contributed by atoms with Crippen molar-refractivity contribution in [1.82, 2.24) is 29.3 Å². The number of nitrogens with one attached hydrogen (secondary N) is 1. The molecule has 146 valence electrons. The van der Waals surface area contributed by atoms with E-state index in [1.165, 1.54) is 0 Å². The van der Waals surface area contributed by atoms with Crippen molar-refractivity contribution >= 4 is 16.7 Å². The van der Waals surface area contributed by atoms with Crippen LogP contribution in [-0.4, -0.2) is 35.3 Å². The summed E-state index contributed by atoms with van der Waals surface area (Å²) in [5, 5.41) is 17.8. The van der Waals surface area contributed by atoms with Crippen LogP contribution in [0.5, 0.6) is 0 Å². The summed E-state index contributed by atoms with van der Waals surface area (Å²) >= 11 is 0. The summed E-state index contributed by atoms with van der Waals surface area (Å²) in [5.74, 6) is 0.646. The van der Waals surface area contributed by atoms with Crippen LogP contribution >= 0.6 is 0 Å². The maximum atomic E-state index is 9.07. The minimum Gasteiger partial charge on any atom is -0.382 e. The van der Waals surface area contributed by atoms with Crippen molar-refractivity contribution in [3.63, 3.8) is 0 Å². The van der Waals surface area contributed by atoms with Gasteiger partial charge < -0.3 is 9.88 Å². The van der Waals surface area contributed by atoms with Crippen molar-refractivity contribution < 1.29 is 0 Å². The number of aromatic nitrogens is 6. The molecule has 0 aliphatic heterocycles. The van der Waals surface area contributed by atoms with Crippen molar-refractivity contribution in [2.24, 2.45) is 0 Å². The molecule has 0 saturated carbocycles. The first-order valence-corrected chi connectivity index (χ1v) is 9.51. The van der Waals surface area contributed by atoms with Gasteiger partial charge in [-0.05, 0) is 33.8 Å². The molecule has 0 aromatic carbocycles. The molecule has 0 spiro atoms. The molecule has 0 atom stereocenters. The van der Waals surface area contributed by atoms with Crippen LogP contribution in [0.1, 0.15) is 39.3 Å². The van der Waals surface area contributed by atoms with Crippen molar-refractivity contribution in [2.75, 3.05) is 5.32 Å². The fourth-order valence-electron chi connectivity index (χ4n) is 3.10. The van der Waals surface area contributed by atoms with E-state index in [0.29, 0.717) is 23.1 Å². The van der Waals surface area contributed by atoms with Crippen LogP contribution in [0.3, 0.4) is 0 Å². The van der Waals surface area contributed by atoms with Crippen LogP contribution in [-0.2, 0) is 0 Å². The summed E-state index contributed by atoms with van der Waals surface area (Å²) in [7, 11) is 0. The van der Waals surface area contributed by atoms with Crippen molar-refractivity contribution in [3.05, 3.63) is 48.8 Å². The summed E-state index contributed by atoms with van der Waals surface area (Å²) in [5.41, 5.74) is 3.88. The van der Waals surface area contributed by atoms with Gasteiger partial charge in [0, 0.05) is 53.4 Å². The maximum absolute atomic E-state index is 9.07. The molecule has 0 saturated heterocycles. The molecule has 0 amide bonds. The molecule has 8 heteroatoms. The molecular formula is C21H22N8. The predicted octanol–water partition coefficient (Wildman–Crippen LogP) is 3.95. The highest BCUT2D eigenvalue weighted by Gasteiger charge is 2.15. The molecule has 8 nitrogen and oxygen atoms in total. The standard InChI is InChI=1S/C21H22N8/c1-13(2)27-18-6-20(23-10-17(18)19-11-28(12-25-19)14(3)4)29-21-16(9-26-29)5-15(7-22)8-24-21/h5-6,8-14H,1-4H3,(H,23,27). The van der Waals surface area contributed by atoms with E-state index in [-0.39, 0.29) is 6.04 Å². The Labute approximate surface area is 168 Å². The molecule has 0 unspecified atom stereocenters. The molecule has 0 aliphatic rings. The minimum absolute atomic E-state index is 0.238. The number of hydrogen-bond donors (Lipinski definition) is 1. The first kappa shape index (κ1) is 18.6. The molecule has 1 N–H and O–H groups in total. The van der Waals surface area contributed by atoms with Gasteiger partial charge in [0.15, 0.2) is 11.5 Å². The molecule has 0 radical (unpaired) electrons.